The van der Waals surface area contributed by atoms with Crippen molar-refractivity contribution >= 4 is 0 Å². The number of benzene rings is 2. The Bertz CT molecular complexity index is 682. The van der Waals surface area contributed by atoms with Gasteiger partial charge in [0.2, 0.25) is 0 Å². The molecule has 0 saturated heterocycles. The maximum Gasteiger partial charge on any atom is 0.416 e. The number of halogens is 6. The number of rotatable bonds is 3. The lowest BCUT2D eigenvalue weighted by atomic mass is 9.81. The average molecular weight is 359 g/mol. The molecule has 1 nitrogen and oxygen atoms in total. The van der Waals surface area contributed by atoms with Crippen molar-refractivity contribution in [1.29, 1.82) is 0 Å². The molecule has 25 heavy (non-hydrogen) atoms. The Kier molecular flexibility index (Phi) is 4.10. The summed E-state index contributed by atoms with van der Waals surface area (Å²) >= 11 is 0. The topological polar surface area (TPSA) is 19.9 Å². The first-order chi connectivity index (χ1) is 11.5. The lowest BCUT2D eigenvalue weighted by Crippen LogP contribution is -2.28. The molecule has 0 aromatic heterocycles. The van der Waals surface area contributed by atoms with Gasteiger partial charge in [0.1, 0.15) is 0 Å². The lowest BCUT2D eigenvalue weighted by Gasteiger charge is -2.27. The Morgan fingerprint density at radius 2 is 0.880 bits per heavy atom. The molecular formula is C18H13F6O. The van der Waals surface area contributed by atoms with Crippen LogP contribution in [0.4, 0.5) is 26.3 Å². The first-order valence-corrected chi connectivity index (χ1v) is 7.59. The molecule has 0 amide bonds. The Hall–Kier alpha value is -2.02. The van der Waals surface area contributed by atoms with E-state index in [1.165, 1.54) is 0 Å². The third kappa shape index (κ3) is 3.38. The van der Waals surface area contributed by atoms with Crippen molar-refractivity contribution in [2.45, 2.75) is 30.8 Å². The van der Waals surface area contributed by atoms with Crippen LogP contribution in [0.5, 0.6) is 0 Å². The summed E-state index contributed by atoms with van der Waals surface area (Å²) in [7, 11) is 0. The van der Waals surface area contributed by atoms with Gasteiger partial charge in [-0.2, -0.15) is 26.3 Å². The lowest BCUT2D eigenvalue weighted by molar-refractivity contribution is -0.138. The third-order valence-corrected chi connectivity index (χ3v) is 4.43. The predicted molar refractivity (Wildman–Crippen MR) is 77.1 cm³/mol. The minimum Gasteiger partial charge on any atom is -0.219 e. The molecule has 1 aliphatic carbocycles. The van der Waals surface area contributed by atoms with Crippen LogP contribution in [0.2, 0.25) is 0 Å². The van der Waals surface area contributed by atoms with E-state index in [9.17, 15) is 31.4 Å². The first kappa shape index (κ1) is 17.8. The van der Waals surface area contributed by atoms with Gasteiger partial charge < -0.3 is 0 Å². The Morgan fingerprint density at radius 1 is 0.600 bits per heavy atom. The molecule has 0 atom stereocenters. The van der Waals surface area contributed by atoms with Crippen LogP contribution < -0.4 is 0 Å². The standard InChI is InChI=1S/C18H13F6O/c19-17(20,21)14-7-3-12(4-8-14)16(25,11-1-2-11)13-5-9-15(10-6-13)18(22,23)24/h3-11H,1-2H2. The molecule has 1 radical (unpaired) electrons. The molecular weight excluding hydrogens is 346 g/mol. The molecule has 0 bridgehead atoms. The second-order valence-electron chi connectivity index (χ2n) is 6.16. The zero-order valence-corrected chi connectivity index (χ0v) is 12.8. The number of hydrogen-bond donors (Lipinski definition) is 0. The van der Waals surface area contributed by atoms with Crippen LogP contribution in [-0.2, 0) is 23.1 Å². The smallest absolute Gasteiger partial charge is 0.219 e. The summed E-state index contributed by atoms with van der Waals surface area (Å²) in [5, 5.41) is 13.4. The summed E-state index contributed by atoms with van der Waals surface area (Å²) in [6, 6.07) is 7.78. The fourth-order valence-corrected chi connectivity index (χ4v) is 2.94. The van der Waals surface area contributed by atoms with E-state index in [0.717, 1.165) is 48.5 Å². The van der Waals surface area contributed by atoms with Crippen molar-refractivity contribution in [2.75, 3.05) is 0 Å². The molecule has 2 aromatic carbocycles. The SMILES string of the molecule is [O]C(c1ccc(C(F)(F)F)cc1)(c1ccc(C(F)(F)F)cc1)C1CC1. The number of hydrogen-bond acceptors (Lipinski definition) is 0. The van der Waals surface area contributed by atoms with Crippen molar-refractivity contribution in [3.8, 4) is 0 Å². The van der Waals surface area contributed by atoms with Crippen LogP contribution in [0.1, 0.15) is 35.1 Å². The fourth-order valence-electron chi connectivity index (χ4n) is 2.94. The van der Waals surface area contributed by atoms with Gasteiger partial charge >= 0.3 is 12.4 Å². The highest BCUT2D eigenvalue weighted by Crippen LogP contribution is 2.50. The van der Waals surface area contributed by atoms with Crippen molar-refractivity contribution in [2.24, 2.45) is 5.92 Å². The van der Waals surface area contributed by atoms with Crippen LogP contribution in [0.15, 0.2) is 48.5 Å². The van der Waals surface area contributed by atoms with Crippen LogP contribution in [0.3, 0.4) is 0 Å². The van der Waals surface area contributed by atoms with Crippen molar-refractivity contribution in [3.63, 3.8) is 0 Å². The zero-order chi connectivity index (χ0) is 18.5. The fraction of sp³-hybridized carbons (Fsp3) is 0.333. The van der Waals surface area contributed by atoms with Gasteiger partial charge in [-0.05, 0) is 54.2 Å². The highest BCUT2D eigenvalue weighted by molar-refractivity contribution is 5.41. The Morgan fingerprint density at radius 3 is 1.12 bits per heavy atom. The normalized spacial score (nSPS) is 16.1. The van der Waals surface area contributed by atoms with E-state index in [-0.39, 0.29) is 17.0 Å². The molecule has 1 saturated carbocycles. The zero-order valence-electron chi connectivity index (χ0n) is 12.8. The van der Waals surface area contributed by atoms with Crippen molar-refractivity contribution in [3.05, 3.63) is 70.8 Å². The van der Waals surface area contributed by atoms with Crippen molar-refractivity contribution < 1.29 is 31.4 Å². The molecule has 2 aromatic rings. The van der Waals surface area contributed by atoms with Gasteiger partial charge in [0.05, 0.1) is 11.1 Å². The molecule has 133 valence electrons. The van der Waals surface area contributed by atoms with Crippen LogP contribution in [-0.4, -0.2) is 0 Å². The van der Waals surface area contributed by atoms with E-state index in [4.69, 9.17) is 0 Å². The summed E-state index contributed by atoms with van der Waals surface area (Å²) in [5.74, 6) is -0.346. The van der Waals surface area contributed by atoms with Crippen LogP contribution in [0, 0.1) is 5.92 Å². The first-order valence-electron chi connectivity index (χ1n) is 7.59. The van der Waals surface area contributed by atoms with Crippen molar-refractivity contribution in [1.82, 2.24) is 0 Å². The van der Waals surface area contributed by atoms with E-state index >= 15 is 0 Å². The molecule has 7 heteroatoms. The van der Waals surface area contributed by atoms with E-state index in [1.807, 2.05) is 0 Å². The Labute approximate surface area is 139 Å². The van der Waals surface area contributed by atoms with Gasteiger partial charge in [-0.1, -0.05) is 24.3 Å². The van der Waals surface area contributed by atoms with Gasteiger partial charge in [0.25, 0.3) is 0 Å². The van der Waals surface area contributed by atoms with E-state index in [0.29, 0.717) is 12.8 Å². The van der Waals surface area contributed by atoms with Gasteiger partial charge in [0.15, 0.2) is 5.60 Å². The van der Waals surface area contributed by atoms with Gasteiger partial charge in [-0.3, -0.25) is 0 Å². The van der Waals surface area contributed by atoms with E-state index < -0.39 is 29.1 Å². The maximum atomic E-state index is 13.4. The molecule has 0 aliphatic heterocycles. The molecule has 0 spiro atoms. The van der Waals surface area contributed by atoms with Gasteiger partial charge in [0, 0.05) is 0 Å². The third-order valence-electron chi connectivity index (χ3n) is 4.43. The predicted octanol–water partition coefficient (Wildman–Crippen LogP) is 5.81. The summed E-state index contributed by atoms with van der Waals surface area (Å²) < 4.78 is 76.1. The average Bonchev–Trinajstić information content (AvgIpc) is 3.38. The number of alkyl halides is 6. The van der Waals surface area contributed by atoms with E-state index in [1.54, 1.807) is 0 Å². The summed E-state index contributed by atoms with van der Waals surface area (Å²) in [6.07, 6.45) is -7.85. The molecule has 3 rings (SSSR count). The van der Waals surface area contributed by atoms with Gasteiger partial charge in [-0.15, -0.1) is 0 Å². The van der Waals surface area contributed by atoms with E-state index in [2.05, 4.69) is 0 Å². The summed E-state index contributed by atoms with van der Waals surface area (Å²) in [6.45, 7) is 0. The molecule has 0 unspecified atom stereocenters. The highest BCUT2D eigenvalue weighted by atomic mass is 19.4. The monoisotopic (exact) mass is 359 g/mol. The summed E-state index contributed by atoms with van der Waals surface area (Å²) in [5.41, 5.74) is -3.34. The van der Waals surface area contributed by atoms with Gasteiger partial charge in [-0.25, -0.2) is 5.11 Å². The maximum absolute atomic E-state index is 13.4. The molecule has 1 fully saturated rings. The second-order valence-corrected chi connectivity index (χ2v) is 6.16. The van der Waals surface area contributed by atoms with Crippen LogP contribution >= 0.6 is 0 Å². The highest BCUT2D eigenvalue weighted by Gasteiger charge is 2.48. The second kappa shape index (κ2) is 5.76. The Balaban J connectivity index is 2.00. The molecule has 0 heterocycles. The minimum atomic E-state index is -4.52. The largest absolute Gasteiger partial charge is 0.416 e. The molecule has 1 aliphatic rings. The molecule has 0 N–H and O–H groups in total. The van der Waals surface area contributed by atoms with Crippen LogP contribution in [0.25, 0.3) is 0 Å². The summed E-state index contributed by atoms with van der Waals surface area (Å²) in [4.78, 5) is 0. The quantitative estimate of drug-likeness (QED) is 0.617. The minimum absolute atomic E-state index is 0.128.